The first kappa shape index (κ1) is 14.3. The number of nitro benzene ring substituents is 1. The predicted octanol–water partition coefficient (Wildman–Crippen LogP) is 4.33. The molecule has 0 atom stereocenters. The Balaban J connectivity index is 2.36. The fourth-order valence-corrected chi connectivity index (χ4v) is 1.88. The van der Waals surface area contributed by atoms with Crippen molar-refractivity contribution in [1.29, 1.82) is 0 Å². The Bertz CT molecular complexity index is 647. The first-order chi connectivity index (χ1) is 9.51. The second-order valence-electron chi connectivity index (χ2n) is 3.87. The number of nitro groups is 1. The summed E-state index contributed by atoms with van der Waals surface area (Å²) in [6.45, 7) is 0. The molecule has 5 nitrogen and oxygen atoms in total. The largest absolute Gasteiger partial charge is 0.450 e. The molecule has 0 aliphatic carbocycles. The Kier molecular flexibility index (Phi) is 4.19. The topological polar surface area (TPSA) is 64.4 Å². The quantitative estimate of drug-likeness (QED) is 0.664. The standard InChI is InChI=1S/C13H10BrFN2O3/c1-16-8-2-4-9(5-3-8)20-13-6-10(14)11(15)7-12(13)17(18)19/h2-7,16H,1H3. The molecule has 0 fully saturated rings. The van der Waals surface area contributed by atoms with Crippen molar-refractivity contribution in [3.8, 4) is 11.5 Å². The van der Waals surface area contributed by atoms with Crippen LogP contribution in [-0.4, -0.2) is 12.0 Å². The van der Waals surface area contributed by atoms with Gasteiger partial charge in [-0.1, -0.05) is 0 Å². The Morgan fingerprint density at radius 3 is 2.50 bits per heavy atom. The Morgan fingerprint density at radius 2 is 1.95 bits per heavy atom. The molecular weight excluding hydrogens is 331 g/mol. The van der Waals surface area contributed by atoms with Crippen LogP contribution in [0.15, 0.2) is 40.9 Å². The van der Waals surface area contributed by atoms with Gasteiger partial charge in [-0.15, -0.1) is 0 Å². The second-order valence-corrected chi connectivity index (χ2v) is 4.72. The summed E-state index contributed by atoms with van der Waals surface area (Å²) >= 11 is 2.98. The van der Waals surface area contributed by atoms with E-state index in [9.17, 15) is 14.5 Å². The van der Waals surface area contributed by atoms with Gasteiger partial charge in [0.1, 0.15) is 11.6 Å². The van der Waals surface area contributed by atoms with Gasteiger partial charge in [-0.25, -0.2) is 4.39 Å². The summed E-state index contributed by atoms with van der Waals surface area (Å²) < 4.78 is 18.9. The van der Waals surface area contributed by atoms with Crippen LogP contribution in [0.2, 0.25) is 0 Å². The Labute approximate surface area is 122 Å². The SMILES string of the molecule is CNc1ccc(Oc2cc(Br)c(F)cc2[N+](=O)[O-])cc1. The van der Waals surface area contributed by atoms with Gasteiger partial charge in [-0.3, -0.25) is 10.1 Å². The van der Waals surface area contributed by atoms with Crippen LogP contribution in [0.1, 0.15) is 0 Å². The molecule has 0 aromatic heterocycles. The second kappa shape index (κ2) is 5.87. The zero-order valence-corrected chi connectivity index (χ0v) is 12.0. The van der Waals surface area contributed by atoms with Crippen LogP contribution in [0.3, 0.4) is 0 Å². The summed E-state index contributed by atoms with van der Waals surface area (Å²) in [5.74, 6) is -0.319. The van der Waals surface area contributed by atoms with E-state index in [4.69, 9.17) is 4.74 Å². The summed E-state index contributed by atoms with van der Waals surface area (Å²) in [6.07, 6.45) is 0. The van der Waals surface area contributed by atoms with Gasteiger partial charge >= 0.3 is 5.69 Å². The summed E-state index contributed by atoms with van der Waals surface area (Å²) in [5.41, 5.74) is 0.454. The van der Waals surface area contributed by atoms with Crippen LogP contribution in [0, 0.1) is 15.9 Å². The van der Waals surface area contributed by atoms with E-state index in [2.05, 4.69) is 21.2 Å². The lowest BCUT2D eigenvalue weighted by atomic mass is 10.2. The van der Waals surface area contributed by atoms with Crippen molar-refractivity contribution in [3.63, 3.8) is 0 Å². The number of rotatable bonds is 4. The zero-order chi connectivity index (χ0) is 14.7. The smallest absolute Gasteiger partial charge is 0.314 e. The molecule has 2 rings (SSSR count). The summed E-state index contributed by atoms with van der Waals surface area (Å²) in [7, 11) is 1.78. The van der Waals surface area contributed by atoms with Crippen LogP contribution in [-0.2, 0) is 0 Å². The molecule has 1 N–H and O–H groups in total. The molecule has 0 spiro atoms. The zero-order valence-electron chi connectivity index (χ0n) is 10.4. The minimum absolute atomic E-state index is 0.0273. The highest BCUT2D eigenvalue weighted by atomic mass is 79.9. The van der Waals surface area contributed by atoms with Crippen LogP contribution in [0.4, 0.5) is 15.8 Å². The lowest BCUT2D eigenvalue weighted by Crippen LogP contribution is -1.95. The molecule has 7 heteroatoms. The fraction of sp³-hybridized carbons (Fsp3) is 0.0769. The van der Waals surface area contributed by atoms with Crippen LogP contribution >= 0.6 is 15.9 Å². The number of hydrogen-bond donors (Lipinski definition) is 1. The molecule has 0 heterocycles. The van der Waals surface area contributed by atoms with E-state index in [1.165, 1.54) is 6.07 Å². The van der Waals surface area contributed by atoms with E-state index in [-0.39, 0.29) is 10.2 Å². The molecule has 2 aromatic rings. The normalized spacial score (nSPS) is 10.2. The van der Waals surface area contributed by atoms with Gasteiger partial charge in [-0.2, -0.15) is 0 Å². The number of nitrogens with one attached hydrogen (secondary N) is 1. The summed E-state index contributed by atoms with van der Waals surface area (Å²) in [6, 6.07) is 8.90. The van der Waals surface area contributed by atoms with Crippen molar-refractivity contribution < 1.29 is 14.1 Å². The number of nitrogens with zero attached hydrogens (tertiary/aromatic N) is 1. The Morgan fingerprint density at radius 1 is 1.30 bits per heavy atom. The summed E-state index contributed by atoms with van der Waals surface area (Å²) in [4.78, 5) is 10.2. The van der Waals surface area contributed by atoms with Crippen molar-refractivity contribution in [1.82, 2.24) is 0 Å². The van der Waals surface area contributed by atoms with E-state index in [0.717, 1.165) is 11.8 Å². The summed E-state index contributed by atoms with van der Waals surface area (Å²) in [5, 5.41) is 13.9. The molecule has 0 amide bonds. The third kappa shape index (κ3) is 3.05. The minimum atomic E-state index is -0.713. The molecule has 0 saturated heterocycles. The first-order valence-electron chi connectivity index (χ1n) is 5.60. The molecule has 2 aromatic carbocycles. The molecule has 0 aliphatic heterocycles. The highest BCUT2D eigenvalue weighted by Crippen LogP contribution is 2.35. The van der Waals surface area contributed by atoms with Gasteiger partial charge in [0.05, 0.1) is 15.5 Å². The number of hydrogen-bond acceptors (Lipinski definition) is 4. The molecule has 20 heavy (non-hydrogen) atoms. The van der Waals surface area contributed by atoms with Crippen molar-refractivity contribution in [2.45, 2.75) is 0 Å². The maximum Gasteiger partial charge on any atom is 0.314 e. The Hall–Kier alpha value is -2.15. The van der Waals surface area contributed by atoms with Crippen molar-refractivity contribution in [2.75, 3.05) is 12.4 Å². The van der Waals surface area contributed by atoms with E-state index in [0.29, 0.717) is 5.75 Å². The van der Waals surface area contributed by atoms with Crippen molar-refractivity contribution in [3.05, 3.63) is 56.8 Å². The lowest BCUT2D eigenvalue weighted by molar-refractivity contribution is -0.385. The van der Waals surface area contributed by atoms with E-state index < -0.39 is 16.4 Å². The number of ether oxygens (including phenoxy) is 1. The molecule has 0 radical (unpaired) electrons. The molecule has 0 unspecified atom stereocenters. The van der Waals surface area contributed by atoms with Gasteiger partial charge in [0, 0.05) is 18.8 Å². The molecule has 0 bridgehead atoms. The number of halogens is 2. The third-order valence-corrected chi connectivity index (χ3v) is 3.18. The van der Waals surface area contributed by atoms with Gasteiger partial charge in [0.15, 0.2) is 0 Å². The van der Waals surface area contributed by atoms with Gasteiger partial charge in [0.25, 0.3) is 0 Å². The average molecular weight is 341 g/mol. The molecule has 104 valence electrons. The van der Waals surface area contributed by atoms with E-state index in [1.807, 2.05) is 0 Å². The van der Waals surface area contributed by atoms with Crippen molar-refractivity contribution >= 4 is 27.3 Å². The molecule has 0 saturated carbocycles. The molecule has 0 aliphatic rings. The maximum absolute atomic E-state index is 13.3. The number of anilines is 1. The van der Waals surface area contributed by atoms with Crippen LogP contribution in [0.5, 0.6) is 11.5 Å². The fourth-order valence-electron chi connectivity index (χ4n) is 1.56. The third-order valence-electron chi connectivity index (χ3n) is 2.57. The number of benzene rings is 2. The highest BCUT2D eigenvalue weighted by molar-refractivity contribution is 9.10. The lowest BCUT2D eigenvalue weighted by Gasteiger charge is -2.08. The van der Waals surface area contributed by atoms with Crippen LogP contribution in [0.25, 0.3) is 0 Å². The predicted molar refractivity (Wildman–Crippen MR) is 76.8 cm³/mol. The first-order valence-corrected chi connectivity index (χ1v) is 6.39. The van der Waals surface area contributed by atoms with Crippen molar-refractivity contribution in [2.24, 2.45) is 0 Å². The average Bonchev–Trinajstić information content (AvgIpc) is 2.43. The monoisotopic (exact) mass is 340 g/mol. The van der Waals surface area contributed by atoms with Gasteiger partial charge in [0.2, 0.25) is 5.75 Å². The highest BCUT2D eigenvalue weighted by Gasteiger charge is 2.19. The maximum atomic E-state index is 13.3. The van der Waals surface area contributed by atoms with Crippen LogP contribution < -0.4 is 10.1 Å². The van der Waals surface area contributed by atoms with E-state index >= 15 is 0 Å². The van der Waals surface area contributed by atoms with Gasteiger partial charge in [-0.05, 0) is 40.2 Å². The van der Waals surface area contributed by atoms with Gasteiger partial charge < -0.3 is 10.1 Å². The molecular formula is C13H10BrFN2O3. The van der Waals surface area contributed by atoms with E-state index in [1.54, 1.807) is 31.3 Å². The minimum Gasteiger partial charge on any atom is -0.450 e.